The summed E-state index contributed by atoms with van der Waals surface area (Å²) in [6.07, 6.45) is 8.63. The summed E-state index contributed by atoms with van der Waals surface area (Å²) in [7, 11) is 1.21. The first kappa shape index (κ1) is 22.7. The van der Waals surface area contributed by atoms with Gasteiger partial charge in [0.25, 0.3) is 0 Å². The maximum atomic E-state index is 13.5. The van der Waals surface area contributed by atoms with Crippen molar-refractivity contribution in [2.24, 2.45) is 14.1 Å². The maximum absolute atomic E-state index is 13.5. The number of nitrogens with one attached hydrogen (secondary N) is 1. The summed E-state index contributed by atoms with van der Waals surface area (Å²) >= 11 is 0. The van der Waals surface area contributed by atoms with Crippen molar-refractivity contribution < 1.29 is 8.42 Å². The number of anilines is 1. The van der Waals surface area contributed by atoms with Gasteiger partial charge in [-0.25, -0.2) is 4.98 Å². The number of rotatable bonds is 6. The number of fused-ring (bicyclic) bond motifs is 2. The lowest BCUT2D eigenvalue weighted by atomic mass is 10.1. The van der Waals surface area contributed by atoms with Gasteiger partial charge in [-0.15, -0.1) is 0 Å². The van der Waals surface area contributed by atoms with Gasteiger partial charge in [-0.2, -0.15) is 17.8 Å². The minimum absolute atomic E-state index is 0.0988. The van der Waals surface area contributed by atoms with Gasteiger partial charge in [0.05, 0.1) is 23.9 Å². The van der Waals surface area contributed by atoms with Crippen LogP contribution in [0.4, 0.5) is 5.69 Å². The molecule has 5 aromatic rings. The number of hydrogen-bond donors (Lipinski definition) is 1. The summed E-state index contributed by atoms with van der Waals surface area (Å²) < 4.78 is 33.0. The molecule has 11 heteroatoms. The monoisotopic (exact) mass is 489 g/mol. The van der Waals surface area contributed by atoms with Crippen molar-refractivity contribution in [1.82, 2.24) is 28.6 Å². The van der Waals surface area contributed by atoms with E-state index in [1.807, 2.05) is 13.2 Å². The third-order valence-corrected chi connectivity index (χ3v) is 7.31. The Kier molecular flexibility index (Phi) is 5.58. The molecule has 0 saturated heterocycles. The summed E-state index contributed by atoms with van der Waals surface area (Å²) in [5, 5.41) is 5.69. The second kappa shape index (κ2) is 8.60. The molecule has 0 unspecified atom stereocenters. The van der Waals surface area contributed by atoms with Crippen molar-refractivity contribution >= 4 is 37.6 Å². The zero-order valence-corrected chi connectivity index (χ0v) is 20.2. The van der Waals surface area contributed by atoms with E-state index >= 15 is 0 Å². The van der Waals surface area contributed by atoms with Crippen LogP contribution in [0.25, 0.3) is 32.8 Å². The van der Waals surface area contributed by atoms with Crippen LogP contribution in [0.5, 0.6) is 0 Å². The number of aryl methyl sites for hydroxylation is 2. The molecule has 0 atom stereocenters. The minimum Gasteiger partial charge on any atom is -0.337 e. The second-order valence-electron chi connectivity index (χ2n) is 8.34. The molecule has 3 aromatic heterocycles. The van der Waals surface area contributed by atoms with Crippen LogP contribution >= 0.6 is 0 Å². The van der Waals surface area contributed by atoms with E-state index in [4.69, 9.17) is 0 Å². The minimum atomic E-state index is -3.88. The van der Waals surface area contributed by atoms with E-state index in [0.29, 0.717) is 27.5 Å². The van der Waals surface area contributed by atoms with Crippen molar-refractivity contribution in [3.05, 3.63) is 83.4 Å². The van der Waals surface area contributed by atoms with Crippen LogP contribution in [0.2, 0.25) is 0 Å². The van der Waals surface area contributed by atoms with Gasteiger partial charge < -0.3 is 4.57 Å². The lowest BCUT2D eigenvalue weighted by molar-refractivity contribution is 0.455. The summed E-state index contributed by atoms with van der Waals surface area (Å²) in [6, 6.07) is 10.3. The van der Waals surface area contributed by atoms with Crippen LogP contribution in [0.15, 0.2) is 72.2 Å². The molecule has 0 fully saturated rings. The Balaban J connectivity index is 1.54. The largest absolute Gasteiger partial charge is 0.337 e. The van der Waals surface area contributed by atoms with Crippen LogP contribution in [-0.2, 0) is 30.8 Å². The van der Waals surface area contributed by atoms with E-state index in [9.17, 15) is 13.2 Å². The van der Waals surface area contributed by atoms with Crippen molar-refractivity contribution in [1.29, 1.82) is 0 Å². The van der Waals surface area contributed by atoms with Crippen LogP contribution in [0.1, 0.15) is 5.82 Å². The molecule has 0 bridgehead atoms. The molecule has 3 heterocycles. The van der Waals surface area contributed by atoms with E-state index in [2.05, 4.69) is 19.8 Å². The van der Waals surface area contributed by atoms with Crippen LogP contribution < -0.4 is 10.2 Å². The zero-order chi connectivity index (χ0) is 24.7. The number of hydrogen-bond acceptors (Lipinski definition) is 6. The van der Waals surface area contributed by atoms with Crippen molar-refractivity contribution in [2.75, 3.05) is 11.8 Å². The zero-order valence-electron chi connectivity index (χ0n) is 19.4. The van der Waals surface area contributed by atoms with Crippen LogP contribution in [-0.4, -0.2) is 44.1 Å². The Bertz CT molecular complexity index is 1740. The number of imidazole rings is 1. The van der Waals surface area contributed by atoms with Gasteiger partial charge in [0.2, 0.25) is 0 Å². The molecule has 0 radical (unpaired) electrons. The fourth-order valence-electron chi connectivity index (χ4n) is 3.85. The van der Waals surface area contributed by atoms with Crippen LogP contribution in [0.3, 0.4) is 0 Å². The van der Waals surface area contributed by atoms with E-state index in [-0.39, 0.29) is 17.7 Å². The van der Waals surface area contributed by atoms with Gasteiger partial charge in [0.15, 0.2) is 5.43 Å². The Hall–Kier alpha value is -4.09. The predicted octanol–water partition coefficient (Wildman–Crippen LogP) is 2.67. The number of nitrogens with zero attached hydrogens (tertiary/aromatic N) is 6. The maximum Gasteiger partial charge on any atom is 0.301 e. The molecule has 5 rings (SSSR count). The smallest absolute Gasteiger partial charge is 0.301 e. The number of pyridine rings is 1. The fourth-order valence-corrected chi connectivity index (χ4v) is 4.72. The Morgan fingerprint density at radius 2 is 1.80 bits per heavy atom. The number of aromatic nitrogens is 5. The molecule has 0 aliphatic carbocycles. The molecule has 178 valence electrons. The van der Waals surface area contributed by atoms with Crippen molar-refractivity contribution in [3.8, 4) is 11.1 Å². The molecule has 10 nitrogen and oxygen atoms in total. The molecule has 1 N–H and O–H groups in total. The topological polar surface area (TPSA) is 115 Å². The van der Waals surface area contributed by atoms with Crippen LogP contribution in [0, 0.1) is 0 Å². The molecule has 2 aromatic carbocycles. The van der Waals surface area contributed by atoms with Gasteiger partial charge in [0, 0.05) is 67.8 Å². The first-order valence-electron chi connectivity index (χ1n) is 10.8. The average Bonchev–Trinajstić information content (AvgIpc) is 3.41. The lowest BCUT2D eigenvalue weighted by Gasteiger charge is -2.18. The summed E-state index contributed by atoms with van der Waals surface area (Å²) in [5.41, 5.74) is 2.23. The quantitative estimate of drug-likeness (QED) is 0.392. The van der Waals surface area contributed by atoms with Gasteiger partial charge in [-0.3, -0.25) is 19.2 Å². The molecule has 35 heavy (non-hydrogen) atoms. The molecule has 0 aliphatic rings. The van der Waals surface area contributed by atoms with Gasteiger partial charge in [0.1, 0.15) is 5.82 Å². The lowest BCUT2D eigenvalue weighted by Crippen LogP contribution is -2.32. The average molecular weight is 490 g/mol. The predicted molar refractivity (Wildman–Crippen MR) is 135 cm³/mol. The number of benzene rings is 1. The molecule has 0 saturated carbocycles. The molecular weight excluding hydrogens is 466 g/mol. The fraction of sp³-hybridized carbons (Fsp3) is 0.167. The normalized spacial score (nSPS) is 12.0. The highest BCUT2D eigenvalue weighted by Gasteiger charge is 2.20. The highest BCUT2D eigenvalue weighted by Crippen LogP contribution is 2.23. The van der Waals surface area contributed by atoms with Crippen molar-refractivity contribution in [3.63, 3.8) is 0 Å². The highest BCUT2D eigenvalue weighted by atomic mass is 32.2. The SMILES string of the molecule is CN(Cc1nccn1C)S(=O)(=O)Nc1ccc2ccc3ncc(-c4cnn(C)c4)cc3c(=O)c2c1. The first-order valence-corrected chi connectivity index (χ1v) is 12.2. The highest BCUT2D eigenvalue weighted by molar-refractivity contribution is 7.90. The second-order valence-corrected chi connectivity index (χ2v) is 10.1. The van der Waals surface area contributed by atoms with Crippen molar-refractivity contribution in [2.45, 2.75) is 6.54 Å². The third kappa shape index (κ3) is 4.38. The summed E-state index contributed by atoms with van der Waals surface area (Å²) in [4.78, 5) is 22.2. The molecule has 0 aliphatic heterocycles. The van der Waals surface area contributed by atoms with E-state index in [1.165, 1.54) is 11.4 Å². The standard InChI is InChI=1S/C24H23N7O3S/c1-29-9-8-25-23(29)15-31(3)35(33,34)28-19-6-4-16-5-7-22-21(24(32)20(16)11-19)10-17(12-26-22)18-13-27-30(2)14-18/h4-14,28H,15H2,1-3H3. The van der Waals surface area contributed by atoms with Gasteiger partial charge in [-0.05, 0) is 29.7 Å². The Labute approximate surface area is 201 Å². The summed E-state index contributed by atoms with van der Waals surface area (Å²) in [6.45, 7) is 0.0988. The van der Waals surface area contributed by atoms with E-state index in [1.54, 1.807) is 77.5 Å². The Morgan fingerprint density at radius 3 is 2.51 bits per heavy atom. The molecule has 0 amide bonds. The van der Waals surface area contributed by atoms with E-state index in [0.717, 1.165) is 11.1 Å². The molecular formula is C24H23N7O3S. The van der Waals surface area contributed by atoms with Gasteiger partial charge in [-0.1, -0.05) is 12.1 Å². The third-order valence-electron chi connectivity index (χ3n) is 5.86. The Morgan fingerprint density at radius 1 is 1.00 bits per heavy atom. The molecule has 0 spiro atoms. The first-order chi connectivity index (χ1) is 16.7. The van der Waals surface area contributed by atoms with Gasteiger partial charge >= 0.3 is 10.2 Å². The summed E-state index contributed by atoms with van der Waals surface area (Å²) in [5.74, 6) is 0.605. The van der Waals surface area contributed by atoms with E-state index < -0.39 is 10.2 Å².